The van der Waals surface area contributed by atoms with Crippen LogP contribution >= 0.6 is 0 Å². The predicted octanol–water partition coefficient (Wildman–Crippen LogP) is 7.01. The molecule has 3 heteroatoms. The molecule has 0 bridgehead atoms. The van der Waals surface area contributed by atoms with Crippen LogP contribution in [0.5, 0.6) is 0 Å². The normalized spacial score (nSPS) is 19.2. The van der Waals surface area contributed by atoms with E-state index in [1.165, 1.54) is 80.9 Å². The third-order valence-electron chi connectivity index (χ3n) is 9.24. The summed E-state index contributed by atoms with van der Waals surface area (Å²) in [6.07, 6.45) is 13.3. The van der Waals surface area contributed by atoms with Gasteiger partial charge in [-0.25, -0.2) is 0 Å². The number of nitrogens with two attached hydrogens (primary N) is 1. The first-order chi connectivity index (χ1) is 18.8. The second-order valence-corrected chi connectivity index (χ2v) is 11.7. The van der Waals surface area contributed by atoms with Gasteiger partial charge in [-0.05, 0) is 54.2 Å². The van der Waals surface area contributed by atoms with E-state index >= 15 is 0 Å². The van der Waals surface area contributed by atoms with E-state index < -0.39 is 5.54 Å². The summed E-state index contributed by atoms with van der Waals surface area (Å²) < 4.78 is 0. The number of benzene rings is 3. The first kappa shape index (κ1) is 27.1. The molecule has 0 saturated heterocycles. The molecular formula is C35H47N3. The minimum absolute atomic E-state index is 0.254. The number of hydrogen-bond donors (Lipinski definition) is 3. The van der Waals surface area contributed by atoms with Crippen LogP contribution in [0.4, 0.5) is 0 Å². The maximum Gasteiger partial charge on any atom is 0.0950 e. The average Bonchev–Trinajstić information content (AvgIpc) is 3.01. The summed E-state index contributed by atoms with van der Waals surface area (Å²) in [6.45, 7) is 1.85. The van der Waals surface area contributed by atoms with Gasteiger partial charge in [0, 0.05) is 25.2 Å². The molecule has 2 aliphatic rings. The van der Waals surface area contributed by atoms with Crippen molar-refractivity contribution in [1.29, 1.82) is 0 Å². The summed E-state index contributed by atoms with van der Waals surface area (Å²) in [5, 5.41) is 8.21. The van der Waals surface area contributed by atoms with Gasteiger partial charge in [-0.1, -0.05) is 130 Å². The Kier molecular flexibility index (Phi) is 9.67. The van der Waals surface area contributed by atoms with Crippen LogP contribution in [0.1, 0.15) is 80.9 Å². The smallest absolute Gasteiger partial charge is 0.0950 e. The number of nitrogens with one attached hydrogen (secondary N) is 2. The van der Waals surface area contributed by atoms with Gasteiger partial charge in [0.2, 0.25) is 0 Å². The summed E-state index contributed by atoms with van der Waals surface area (Å²) in [5.41, 5.74) is 10.2. The van der Waals surface area contributed by atoms with Gasteiger partial charge in [0.25, 0.3) is 0 Å². The second kappa shape index (κ2) is 13.6. The topological polar surface area (TPSA) is 50.1 Å². The fraction of sp³-hybridized carbons (Fsp3) is 0.486. The summed E-state index contributed by atoms with van der Waals surface area (Å²) >= 11 is 0. The molecular weight excluding hydrogens is 462 g/mol. The SMILES string of the molecule is N[C@@H](CNC[C@H](NC(c1ccccc1)(c1ccccc1)c1ccccc1)C1CCCCC1)C1CCCCC1. The molecule has 3 aromatic carbocycles. The van der Waals surface area contributed by atoms with Gasteiger partial charge < -0.3 is 11.1 Å². The minimum Gasteiger partial charge on any atom is -0.326 e. The lowest BCUT2D eigenvalue weighted by Gasteiger charge is -2.43. The largest absolute Gasteiger partial charge is 0.326 e. The fourth-order valence-corrected chi connectivity index (χ4v) is 7.10. The Hall–Kier alpha value is -2.46. The Bertz CT molecular complexity index is 959. The molecule has 0 spiro atoms. The van der Waals surface area contributed by atoms with Gasteiger partial charge >= 0.3 is 0 Å². The maximum absolute atomic E-state index is 6.73. The molecule has 0 amide bonds. The molecule has 0 unspecified atom stereocenters. The van der Waals surface area contributed by atoms with Crippen LogP contribution in [0.15, 0.2) is 91.0 Å². The highest BCUT2D eigenvalue weighted by Crippen LogP contribution is 2.39. The molecule has 3 aromatic rings. The molecule has 2 saturated carbocycles. The molecule has 5 rings (SSSR count). The van der Waals surface area contributed by atoms with Crippen LogP contribution < -0.4 is 16.4 Å². The van der Waals surface area contributed by atoms with Crippen molar-refractivity contribution < 1.29 is 0 Å². The van der Waals surface area contributed by atoms with Crippen LogP contribution in [0.3, 0.4) is 0 Å². The predicted molar refractivity (Wildman–Crippen MR) is 160 cm³/mol. The van der Waals surface area contributed by atoms with E-state index in [1.54, 1.807) is 0 Å². The van der Waals surface area contributed by atoms with Crippen molar-refractivity contribution >= 4 is 0 Å². The average molecular weight is 510 g/mol. The van der Waals surface area contributed by atoms with Crippen molar-refractivity contribution in [2.45, 2.75) is 81.8 Å². The standard InChI is InChI=1S/C35H47N3/c36-33(28-16-6-1-7-17-28)26-37-27-34(29-18-8-2-9-19-29)38-35(30-20-10-3-11-21-30,31-22-12-4-13-23-31)32-24-14-5-15-25-32/h3-5,10-15,20-25,28-29,33-34,37-38H,1-2,6-9,16-19,26-27,36H2/t33-,34-/m0/s1. The summed E-state index contributed by atoms with van der Waals surface area (Å²) in [5.74, 6) is 1.33. The highest BCUT2D eigenvalue weighted by molar-refractivity contribution is 5.49. The third-order valence-corrected chi connectivity index (χ3v) is 9.24. The lowest BCUT2D eigenvalue weighted by Crippen LogP contribution is -2.56. The molecule has 38 heavy (non-hydrogen) atoms. The van der Waals surface area contributed by atoms with E-state index in [2.05, 4.69) is 102 Å². The van der Waals surface area contributed by atoms with Crippen molar-refractivity contribution in [3.05, 3.63) is 108 Å². The van der Waals surface area contributed by atoms with E-state index in [4.69, 9.17) is 5.73 Å². The van der Waals surface area contributed by atoms with Gasteiger partial charge in [0.15, 0.2) is 0 Å². The minimum atomic E-state index is -0.431. The maximum atomic E-state index is 6.73. The Morgan fingerprint density at radius 2 is 1.00 bits per heavy atom. The van der Waals surface area contributed by atoms with Gasteiger partial charge in [0.1, 0.15) is 0 Å². The zero-order chi connectivity index (χ0) is 26.0. The molecule has 0 radical (unpaired) electrons. The molecule has 0 heterocycles. The van der Waals surface area contributed by atoms with Crippen molar-refractivity contribution in [1.82, 2.24) is 10.6 Å². The second-order valence-electron chi connectivity index (χ2n) is 11.7. The van der Waals surface area contributed by atoms with Gasteiger partial charge in [0.05, 0.1) is 5.54 Å². The van der Waals surface area contributed by atoms with Gasteiger partial charge in [-0.15, -0.1) is 0 Å². The molecule has 2 atom stereocenters. The first-order valence-electron chi connectivity index (χ1n) is 15.2. The van der Waals surface area contributed by atoms with Crippen LogP contribution in [-0.4, -0.2) is 25.2 Å². The van der Waals surface area contributed by atoms with Crippen LogP contribution in [0.25, 0.3) is 0 Å². The highest BCUT2D eigenvalue weighted by atomic mass is 15.1. The summed E-state index contributed by atoms with van der Waals surface area (Å²) in [6, 6.07) is 33.7. The molecule has 202 valence electrons. The zero-order valence-corrected chi connectivity index (χ0v) is 23.0. The molecule has 2 fully saturated rings. The quantitative estimate of drug-likeness (QED) is 0.244. The lowest BCUT2D eigenvalue weighted by molar-refractivity contribution is 0.226. The van der Waals surface area contributed by atoms with Crippen molar-refractivity contribution in [2.24, 2.45) is 17.6 Å². The van der Waals surface area contributed by atoms with Gasteiger partial charge in [-0.3, -0.25) is 5.32 Å². The van der Waals surface area contributed by atoms with Crippen LogP contribution in [0, 0.1) is 11.8 Å². The molecule has 2 aliphatic carbocycles. The van der Waals surface area contributed by atoms with Crippen LogP contribution in [0.2, 0.25) is 0 Å². The van der Waals surface area contributed by atoms with Crippen molar-refractivity contribution in [3.8, 4) is 0 Å². The first-order valence-corrected chi connectivity index (χ1v) is 15.2. The fourth-order valence-electron chi connectivity index (χ4n) is 7.10. The third kappa shape index (κ3) is 6.39. The van der Waals surface area contributed by atoms with E-state index in [0.29, 0.717) is 17.9 Å². The van der Waals surface area contributed by atoms with Gasteiger partial charge in [-0.2, -0.15) is 0 Å². The number of rotatable bonds is 11. The van der Waals surface area contributed by atoms with E-state index in [0.717, 1.165) is 13.1 Å². The van der Waals surface area contributed by atoms with Crippen LogP contribution in [-0.2, 0) is 5.54 Å². The summed E-state index contributed by atoms with van der Waals surface area (Å²) in [4.78, 5) is 0. The monoisotopic (exact) mass is 509 g/mol. The molecule has 4 N–H and O–H groups in total. The molecule has 3 nitrogen and oxygen atoms in total. The van der Waals surface area contributed by atoms with Crippen molar-refractivity contribution in [2.75, 3.05) is 13.1 Å². The van der Waals surface area contributed by atoms with E-state index in [1.807, 2.05) is 0 Å². The van der Waals surface area contributed by atoms with E-state index in [9.17, 15) is 0 Å². The molecule has 0 aromatic heterocycles. The van der Waals surface area contributed by atoms with E-state index in [-0.39, 0.29) is 6.04 Å². The van der Waals surface area contributed by atoms with Crippen molar-refractivity contribution in [3.63, 3.8) is 0 Å². The molecule has 0 aliphatic heterocycles. The Morgan fingerprint density at radius 3 is 1.45 bits per heavy atom. The summed E-state index contributed by atoms with van der Waals surface area (Å²) in [7, 11) is 0. The lowest BCUT2D eigenvalue weighted by atomic mass is 9.74. The Balaban J connectivity index is 1.47. The Morgan fingerprint density at radius 1 is 0.579 bits per heavy atom. The Labute approximate surface area is 230 Å². The zero-order valence-electron chi connectivity index (χ0n) is 23.0. The number of hydrogen-bond acceptors (Lipinski definition) is 3. The highest BCUT2D eigenvalue weighted by Gasteiger charge is 2.40.